The summed E-state index contributed by atoms with van der Waals surface area (Å²) in [4.78, 5) is 0. The van der Waals surface area contributed by atoms with Crippen molar-refractivity contribution in [1.82, 2.24) is 5.32 Å². The molecule has 0 spiro atoms. The van der Waals surface area contributed by atoms with Gasteiger partial charge in [-0.1, -0.05) is 47.6 Å². The number of aryl methyl sites for hydroxylation is 1. The van der Waals surface area contributed by atoms with Gasteiger partial charge in [0, 0.05) is 12.2 Å². The number of rotatable bonds is 0. The van der Waals surface area contributed by atoms with E-state index >= 15 is 0 Å². The topological polar surface area (TPSA) is 38.0 Å². The quantitative estimate of drug-likeness (QED) is 0.676. The predicted octanol–water partition coefficient (Wildman–Crippen LogP) is 4.30. The fraction of sp³-hybridized carbons (Fsp3) is 0.625. The van der Waals surface area contributed by atoms with E-state index in [0.29, 0.717) is 0 Å². The highest BCUT2D eigenvalue weighted by Gasteiger charge is 2.12. The van der Waals surface area contributed by atoms with E-state index < -0.39 is 0 Å². The molecule has 0 saturated heterocycles. The molecule has 0 unspecified atom stereocenters. The average molecular weight is 252 g/mol. The number of hydrogen-bond acceptors (Lipinski definition) is 2. The van der Waals surface area contributed by atoms with Gasteiger partial charge in [0.05, 0.1) is 0 Å². The Morgan fingerprint density at radius 1 is 0.944 bits per heavy atom. The van der Waals surface area contributed by atoms with Crippen molar-refractivity contribution in [3.05, 3.63) is 28.8 Å². The van der Waals surface area contributed by atoms with E-state index in [-0.39, 0.29) is 0 Å². The van der Waals surface area contributed by atoms with Crippen molar-refractivity contribution in [1.29, 1.82) is 0 Å². The molecule has 1 heterocycles. The summed E-state index contributed by atoms with van der Waals surface area (Å²) in [5.74, 6) is 0. The number of nitrogens with one attached hydrogen (secondary N) is 1. The summed E-state index contributed by atoms with van der Waals surface area (Å²) in [7, 11) is 0. The first kappa shape index (κ1) is 19.3. The van der Waals surface area contributed by atoms with Crippen LogP contribution in [-0.2, 0) is 13.0 Å². The van der Waals surface area contributed by atoms with Crippen LogP contribution in [0.4, 0.5) is 5.69 Å². The smallest absolute Gasteiger partial charge is 0.0350 e. The first-order valence-electron chi connectivity index (χ1n) is 7.36. The van der Waals surface area contributed by atoms with Crippen molar-refractivity contribution in [3.8, 4) is 0 Å². The molecule has 2 rings (SSSR count). The molecule has 1 aliphatic rings. The van der Waals surface area contributed by atoms with Crippen LogP contribution in [0.5, 0.6) is 0 Å². The van der Waals surface area contributed by atoms with E-state index in [1.807, 2.05) is 47.6 Å². The van der Waals surface area contributed by atoms with Crippen LogP contribution in [-0.4, -0.2) is 6.54 Å². The van der Waals surface area contributed by atoms with Gasteiger partial charge in [-0.25, -0.2) is 0 Å². The molecule has 1 aromatic rings. The van der Waals surface area contributed by atoms with Crippen molar-refractivity contribution in [2.24, 2.45) is 0 Å². The highest BCUT2D eigenvalue weighted by atomic mass is 14.9. The van der Waals surface area contributed by atoms with Gasteiger partial charge < -0.3 is 11.1 Å². The summed E-state index contributed by atoms with van der Waals surface area (Å²) < 4.78 is 0. The molecule has 0 amide bonds. The van der Waals surface area contributed by atoms with Crippen molar-refractivity contribution in [3.63, 3.8) is 0 Å². The molecule has 0 radical (unpaired) electrons. The van der Waals surface area contributed by atoms with Gasteiger partial charge in [-0.2, -0.15) is 0 Å². The second-order valence-electron chi connectivity index (χ2n) is 3.36. The van der Waals surface area contributed by atoms with Gasteiger partial charge in [0.25, 0.3) is 0 Å². The number of hydrogen-bond donors (Lipinski definition) is 2. The Hall–Kier alpha value is -1.02. The van der Waals surface area contributed by atoms with E-state index in [1.54, 1.807) is 0 Å². The van der Waals surface area contributed by atoms with E-state index in [1.165, 1.54) is 16.7 Å². The minimum Gasteiger partial charge on any atom is -0.398 e. The maximum Gasteiger partial charge on any atom is 0.0350 e. The standard InChI is InChI=1S/C10H14N2.3C2H6/c1-7-2-3-10(11)8-4-5-12-6-9(7)8;3*1-2/h2-3,12H,4-6,11H2,1H3;3*1-2H3. The van der Waals surface area contributed by atoms with Gasteiger partial charge in [0.2, 0.25) is 0 Å². The van der Waals surface area contributed by atoms with Gasteiger partial charge in [0.15, 0.2) is 0 Å². The Balaban J connectivity index is 0. The number of nitrogens with two attached hydrogens (primary N) is 1. The monoisotopic (exact) mass is 252 g/mol. The van der Waals surface area contributed by atoms with Crippen LogP contribution < -0.4 is 11.1 Å². The van der Waals surface area contributed by atoms with E-state index in [0.717, 1.165) is 25.2 Å². The van der Waals surface area contributed by atoms with E-state index in [4.69, 9.17) is 5.73 Å². The zero-order valence-corrected chi connectivity index (χ0v) is 13.4. The Morgan fingerprint density at radius 3 is 2.00 bits per heavy atom. The molecule has 0 aliphatic carbocycles. The van der Waals surface area contributed by atoms with E-state index in [9.17, 15) is 0 Å². The van der Waals surface area contributed by atoms with Gasteiger partial charge >= 0.3 is 0 Å². The minimum atomic E-state index is 0.956. The van der Waals surface area contributed by atoms with Crippen LogP contribution in [0.1, 0.15) is 58.2 Å². The average Bonchev–Trinajstić information content (AvgIpc) is 2.50. The molecule has 0 atom stereocenters. The zero-order chi connectivity index (χ0) is 14.6. The van der Waals surface area contributed by atoms with Crippen LogP contribution >= 0.6 is 0 Å². The maximum atomic E-state index is 5.88. The van der Waals surface area contributed by atoms with Gasteiger partial charge in [-0.3, -0.25) is 0 Å². The number of fused-ring (bicyclic) bond motifs is 1. The van der Waals surface area contributed by atoms with Crippen molar-refractivity contribution in [2.75, 3.05) is 12.3 Å². The summed E-state index contributed by atoms with van der Waals surface area (Å²) in [6.07, 6.45) is 1.07. The van der Waals surface area contributed by atoms with Crippen LogP contribution in [0.25, 0.3) is 0 Å². The Bertz CT molecular complexity index is 275. The molecule has 0 aromatic heterocycles. The Labute approximate surface area is 114 Å². The third-order valence-electron chi connectivity index (χ3n) is 2.56. The largest absolute Gasteiger partial charge is 0.398 e. The fourth-order valence-corrected chi connectivity index (χ4v) is 1.80. The lowest BCUT2D eigenvalue weighted by molar-refractivity contribution is 0.642. The molecule has 2 heteroatoms. The summed E-state index contributed by atoms with van der Waals surface area (Å²) in [6.45, 7) is 16.2. The number of anilines is 1. The zero-order valence-electron chi connectivity index (χ0n) is 13.4. The fourth-order valence-electron chi connectivity index (χ4n) is 1.80. The van der Waals surface area contributed by atoms with Gasteiger partial charge in [-0.05, 0) is 42.6 Å². The SMILES string of the molecule is CC.CC.CC.Cc1ccc(N)c2c1CNCC2. The summed E-state index contributed by atoms with van der Waals surface area (Å²) in [5, 5.41) is 3.35. The first-order valence-corrected chi connectivity index (χ1v) is 7.36. The lowest BCUT2D eigenvalue weighted by Gasteiger charge is -2.20. The molecule has 0 fully saturated rings. The third-order valence-corrected chi connectivity index (χ3v) is 2.56. The first-order chi connectivity index (χ1) is 8.79. The van der Waals surface area contributed by atoms with Crippen LogP contribution in [0.15, 0.2) is 12.1 Å². The molecule has 106 valence electrons. The third kappa shape index (κ3) is 5.54. The second kappa shape index (κ2) is 12.4. The van der Waals surface area contributed by atoms with Gasteiger partial charge in [-0.15, -0.1) is 0 Å². The Kier molecular flexibility index (Phi) is 13.4. The molecule has 3 N–H and O–H groups in total. The highest BCUT2D eigenvalue weighted by molar-refractivity contribution is 5.54. The predicted molar refractivity (Wildman–Crippen MR) is 85.0 cm³/mol. The summed E-state index contributed by atoms with van der Waals surface area (Å²) in [5.41, 5.74) is 11.0. The van der Waals surface area contributed by atoms with Crippen LogP contribution in [0, 0.1) is 6.92 Å². The molecular weight excluding hydrogens is 220 g/mol. The molecule has 0 saturated carbocycles. The lowest BCUT2D eigenvalue weighted by atomic mass is 9.95. The van der Waals surface area contributed by atoms with Crippen molar-refractivity contribution in [2.45, 2.75) is 61.4 Å². The van der Waals surface area contributed by atoms with Crippen molar-refractivity contribution >= 4 is 5.69 Å². The second-order valence-corrected chi connectivity index (χ2v) is 3.36. The van der Waals surface area contributed by atoms with E-state index in [2.05, 4.69) is 18.3 Å². The summed E-state index contributed by atoms with van der Waals surface area (Å²) >= 11 is 0. The van der Waals surface area contributed by atoms with Crippen LogP contribution in [0.2, 0.25) is 0 Å². The van der Waals surface area contributed by atoms with Gasteiger partial charge in [0.1, 0.15) is 0 Å². The molecule has 1 aromatic carbocycles. The molecule has 2 nitrogen and oxygen atoms in total. The normalized spacial score (nSPS) is 11.5. The maximum absolute atomic E-state index is 5.88. The molecule has 0 bridgehead atoms. The summed E-state index contributed by atoms with van der Waals surface area (Å²) in [6, 6.07) is 4.11. The number of nitrogen functional groups attached to an aromatic ring is 1. The number of benzene rings is 1. The van der Waals surface area contributed by atoms with Crippen molar-refractivity contribution < 1.29 is 0 Å². The van der Waals surface area contributed by atoms with Crippen LogP contribution in [0.3, 0.4) is 0 Å². The molecular formula is C16H32N2. The highest BCUT2D eigenvalue weighted by Crippen LogP contribution is 2.23. The lowest BCUT2D eigenvalue weighted by Crippen LogP contribution is -2.25. The molecule has 1 aliphatic heterocycles. The minimum absolute atomic E-state index is 0.956. The molecule has 18 heavy (non-hydrogen) atoms. The Morgan fingerprint density at radius 2 is 1.50 bits per heavy atom.